The zero-order valence-electron chi connectivity index (χ0n) is 12.5. The lowest BCUT2D eigenvalue weighted by atomic mass is 9.97. The molecule has 2 N–H and O–H groups in total. The molecule has 0 fully saturated rings. The molecule has 0 unspecified atom stereocenters. The van der Waals surface area contributed by atoms with Gasteiger partial charge in [0.25, 0.3) is 5.91 Å². The maximum Gasteiger partial charge on any atom is 0.251 e. The van der Waals surface area contributed by atoms with E-state index in [2.05, 4.69) is 16.7 Å². The van der Waals surface area contributed by atoms with Crippen molar-refractivity contribution in [3.05, 3.63) is 46.5 Å². The van der Waals surface area contributed by atoms with E-state index < -0.39 is 0 Å². The lowest BCUT2D eigenvalue weighted by molar-refractivity contribution is -0.120. The van der Waals surface area contributed by atoms with E-state index in [1.54, 1.807) is 24.3 Å². The number of hydrogen-bond donors (Lipinski definition) is 2. The number of nitrogens with one attached hydrogen (secondary N) is 2. The van der Waals surface area contributed by atoms with Crippen molar-refractivity contribution in [1.29, 1.82) is 0 Å². The van der Waals surface area contributed by atoms with E-state index in [-0.39, 0.29) is 18.4 Å². The summed E-state index contributed by atoms with van der Waals surface area (Å²) in [6, 6.07) is 6.55. The first-order valence-corrected chi connectivity index (χ1v) is 8.01. The molecule has 22 heavy (non-hydrogen) atoms. The van der Waals surface area contributed by atoms with Crippen molar-refractivity contribution in [3.63, 3.8) is 0 Å². The molecule has 0 atom stereocenters. The molecule has 2 rings (SSSR count). The number of allylic oxidation sites excluding steroid dienone is 1. The Balaban J connectivity index is 1.65. The molecule has 1 aromatic carbocycles. The zero-order chi connectivity index (χ0) is 15.8. The third-order valence-corrected chi connectivity index (χ3v) is 3.92. The first-order chi connectivity index (χ1) is 10.6. The topological polar surface area (TPSA) is 58.2 Å². The van der Waals surface area contributed by atoms with E-state index in [0.29, 0.717) is 17.1 Å². The van der Waals surface area contributed by atoms with Crippen LogP contribution in [-0.4, -0.2) is 24.9 Å². The van der Waals surface area contributed by atoms with Gasteiger partial charge in [0.05, 0.1) is 6.54 Å². The van der Waals surface area contributed by atoms with Gasteiger partial charge in [0, 0.05) is 17.1 Å². The molecule has 0 aliphatic heterocycles. The van der Waals surface area contributed by atoms with Crippen LogP contribution in [0.5, 0.6) is 0 Å². The van der Waals surface area contributed by atoms with E-state index in [0.717, 1.165) is 19.3 Å². The highest BCUT2D eigenvalue weighted by atomic mass is 35.5. The predicted octanol–water partition coefficient (Wildman–Crippen LogP) is 3.08. The van der Waals surface area contributed by atoms with Crippen LogP contribution in [0.3, 0.4) is 0 Å². The van der Waals surface area contributed by atoms with Crippen molar-refractivity contribution in [2.45, 2.75) is 32.1 Å². The predicted molar refractivity (Wildman–Crippen MR) is 88.0 cm³/mol. The minimum Gasteiger partial charge on any atom is -0.354 e. The average molecular weight is 321 g/mol. The van der Waals surface area contributed by atoms with Gasteiger partial charge in [-0.3, -0.25) is 9.59 Å². The Morgan fingerprint density at radius 3 is 2.55 bits per heavy atom. The Labute approximate surface area is 135 Å². The van der Waals surface area contributed by atoms with E-state index in [4.69, 9.17) is 11.6 Å². The highest BCUT2D eigenvalue weighted by Gasteiger charge is 2.08. The molecule has 0 heterocycles. The normalized spacial score (nSPS) is 14.1. The third-order valence-electron chi connectivity index (χ3n) is 3.67. The monoisotopic (exact) mass is 320 g/mol. The Bertz CT molecular complexity index is 552. The van der Waals surface area contributed by atoms with E-state index in [1.807, 2.05) is 0 Å². The summed E-state index contributed by atoms with van der Waals surface area (Å²) in [6.45, 7) is 0.613. The van der Waals surface area contributed by atoms with Crippen LogP contribution in [0.15, 0.2) is 35.9 Å². The summed E-state index contributed by atoms with van der Waals surface area (Å²) < 4.78 is 0. The van der Waals surface area contributed by atoms with Crippen LogP contribution in [0.1, 0.15) is 42.5 Å². The SMILES string of the molecule is O=C(CNC(=O)c1ccc(Cl)cc1)NCCC1=CCCCC1. The van der Waals surface area contributed by atoms with Crippen LogP contribution >= 0.6 is 11.6 Å². The molecule has 2 amide bonds. The summed E-state index contributed by atoms with van der Waals surface area (Å²) in [6.07, 6.45) is 7.99. The summed E-state index contributed by atoms with van der Waals surface area (Å²) in [7, 11) is 0. The summed E-state index contributed by atoms with van der Waals surface area (Å²) in [5, 5.41) is 6.00. The largest absolute Gasteiger partial charge is 0.354 e. The van der Waals surface area contributed by atoms with Gasteiger partial charge in [-0.05, 0) is 56.4 Å². The van der Waals surface area contributed by atoms with Crippen LogP contribution in [0, 0.1) is 0 Å². The first kappa shape index (κ1) is 16.6. The van der Waals surface area contributed by atoms with Crippen LogP contribution < -0.4 is 10.6 Å². The summed E-state index contributed by atoms with van der Waals surface area (Å²) >= 11 is 5.76. The molecule has 118 valence electrons. The smallest absolute Gasteiger partial charge is 0.251 e. The summed E-state index contributed by atoms with van der Waals surface area (Å²) in [5.41, 5.74) is 1.92. The van der Waals surface area contributed by atoms with Gasteiger partial charge in [-0.1, -0.05) is 23.3 Å². The maximum atomic E-state index is 11.8. The second-order valence-electron chi connectivity index (χ2n) is 5.40. The molecule has 0 radical (unpaired) electrons. The molecule has 0 bridgehead atoms. The Morgan fingerprint density at radius 1 is 1.09 bits per heavy atom. The van der Waals surface area contributed by atoms with E-state index >= 15 is 0 Å². The number of carbonyl (C=O) groups is 2. The van der Waals surface area contributed by atoms with Crippen molar-refractivity contribution in [1.82, 2.24) is 10.6 Å². The second-order valence-corrected chi connectivity index (χ2v) is 5.83. The Morgan fingerprint density at radius 2 is 1.86 bits per heavy atom. The standard InChI is InChI=1S/C17H21ClN2O2/c18-15-8-6-14(7-9-15)17(22)20-12-16(21)19-11-10-13-4-2-1-3-5-13/h4,6-9H,1-3,5,10-12H2,(H,19,21)(H,20,22). The fraction of sp³-hybridized carbons (Fsp3) is 0.412. The molecular formula is C17H21ClN2O2. The number of halogens is 1. The van der Waals surface area contributed by atoms with Gasteiger partial charge < -0.3 is 10.6 Å². The molecule has 0 saturated carbocycles. The van der Waals surface area contributed by atoms with Gasteiger partial charge in [0.2, 0.25) is 5.91 Å². The number of amides is 2. The minimum absolute atomic E-state index is 0.0134. The molecule has 1 aromatic rings. The van der Waals surface area contributed by atoms with Gasteiger partial charge in [0.1, 0.15) is 0 Å². The van der Waals surface area contributed by atoms with E-state index in [9.17, 15) is 9.59 Å². The van der Waals surface area contributed by atoms with Gasteiger partial charge in [-0.15, -0.1) is 0 Å². The molecule has 0 spiro atoms. The fourth-order valence-electron chi connectivity index (χ4n) is 2.42. The highest BCUT2D eigenvalue weighted by Crippen LogP contribution is 2.19. The molecule has 4 nitrogen and oxygen atoms in total. The van der Waals surface area contributed by atoms with Crippen molar-refractivity contribution in [2.24, 2.45) is 0 Å². The lowest BCUT2D eigenvalue weighted by Crippen LogP contribution is -2.37. The number of hydrogen-bond acceptors (Lipinski definition) is 2. The number of rotatable bonds is 6. The lowest BCUT2D eigenvalue weighted by Gasteiger charge is -2.13. The van der Waals surface area contributed by atoms with Crippen LogP contribution in [0.2, 0.25) is 5.02 Å². The molecule has 1 aliphatic carbocycles. The van der Waals surface area contributed by atoms with Gasteiger partial charge in [-0.25, -0.2) is 0 Å². The first-order valence-electron chi connectivity index (χ1n) is 7.63. The van der Waals surface area contributed by atoms with Crippen molar-refractivity contribution in [3.8, 4) is 0 Å². The summed E-state index contributed by atoms with van der Waals surface area (Å²) in [5.74, 6) is -0.444. The van der Waals surface area contributed by atoms with Crippen molar-refractivity contribution >= 4 is 23.4 Å². The quantitative estimate of drug-likeness (QED) is 0.791. The molecule has 0 saturated heterocycles. The number of benzene rings is 1. The molecular weight excluding hydrogens is 300 g/mol. The van der Waals surface area contributed by atoms with Crippen molar-refractivity contribution in [2.75, 3.05) is 13.1 Å². The molecule has 1 aliphatic rings. The van der Waals surface area contributed by atoms with Gasteiger partial charge in [0.15, 0.2) is 0 Å². The summed E-state index contributed by atoms with van der Waals surface area (Å²) in [4.78, 5) is 23.5. The molecule has 0 aromatic heterocycles. The third kappa shape index (κ3) is 5.53. The van der Waals surface area contributed by atoms with Crippen molar-refractivity contribution < 1.29 is 9.59 Å². The van der Waals surface area contributed by atoms with Crippen LogP contribution in [0.4, 0.5) is 0 Å². The van der Waals surface area contributed by atoms with Gasteiger partial charge >= 0.3 is 0 Å². The second kappa shape index (κ2) is 8.59. The number of carbonyl (C=O) groups excluding carboxylic acids is 2. The maximum absolute atomic E-state index is 11.8. The van der Waals surface area contributed by atoms with Crippen LogP contribution in [0.25, 0.3) is 0 Å². The highest BCUT2D eigenvalue weighted by molar-refractivity contribution is 6.30. The zero-order valence-corrected chi connectivity index (χ0v) is 13.3. The van der Waals surface area contributed by atoms with E-state index in [1.165, 1.54) is 18.4 Å². The average Bonchev–Trinajstić information content (AvgIpc) is 2.54. The van der Waals surface area contributed by atoms with Crippen LogP contribution in [-0.2, 0) is 4.79 Å². The van der Waals surface area contributed by atoms with Gasteiger partial charge in [-0.2, -0.15) is 0 Å². The Hall–Kier alpha value is -1.81. The fourth-order valence-corrected chi connectivity index (χ4v) is 2.55. The molecule has 5 heteroatoms. The minimum atomic E-state index is -0.276. The Kier molecular flexibility index (Phi) is 6.46.